The second-order valence-corrected chi connectivity index (χ2v) is 23.7. The van der Waals surface area contributed by atoms with E-state index < -0.39 is 53.7 Å². The van der Waals surface area contributed by atoms with Gasteiger partial charge in [-0.1, -0.05) is 146 Å². The van der Waals surface area contributed by atoms with Gasteiger partial charge in [-0.15, -0.1) is 0 Å². The van der Waals surface area contributed by atoms with E-state index in [9.17, 15) is 43.2 Å². The van der Waals surface area contributed by atoms with Crippen LogP contribution in [0.2, 0.25) is 0 Å². The van der Waals surface area contributed by atoms with E-state index in [1.165, 1.54) is 48.6 Å². The third-order valence-electron chi connectivity index (χ3n) is 15.4. The molecule has 0 radical (unpaired) electrons. The quantitative estimate of drug-likeness (QED) is 0.0113. The van der Waals surface area contributed by atoms with Gasteiger partial charge in [0.25, 0.3) is 0 Å². The number of ether oxygens (including phenoxy) is 16. The van der Waals surface area contributed by atoms with Gasteiger partial charge >= 0.3 is 53.7 Å². The Morgan fingerprint density at radius 2 is 0.480 bits per heavy atom. The summed E-state index contributed by atoms with van der Waals surface area (Å²) in [5.41, 5.74) is 5.21. The number of hydrogen-bond acceptors (Lipinski definition) is 25. The van der Waals surface area contributed by atoms with E-state index in [0.29, 0.717) is 93.8 Å². The molecule has 0 aromatic heterocycles. The highest BCUT2D eigenvalue weighted by atomic mass is 16.6. The summed E-state index contributed by atoms with van der Waals surface area (Å²) in [5, 5.41) is 0. The maximum atomic E-state index is 12.6. The average molecular weight is 1680 g/mol. The maximum absolute atomic E-state index is 12.6. The van der Waals surface area contributed by atoms with Crippen LogP contribution in [0.4, 0.5) is 0 Å². The van der Waals surface area contributed by atoms with Crippen molar-refractivity contribution < 1.29 is 119 Å². The lowest BCUT2D eigenvalue weighted by Crippen LogP contribution is -2.12. The molecule has 25 nitrogen and oxygen atoms in total. The first kappa shape index (κ1) is 98.8. The van der Waals surface area contributed by atoms with Crippen molar-refractivity contribution in [2.45, 2.75) is 41.5 Å². The largest absolute Gasteiger partial charge is 0.497 e. The molecular weight excluding hydrogens is 1580 g/mol. The van der Waals surface area contributed by atoms with E-state index in [1.54, 1.807) is 153 Å². The minimum atomic E-state index is -0.550. The molecule has 10 aromatic carbocycles. The van der Waals surface area contributed by atoms with Crippen molar-refractivity contribution in [2.24, 2.45) is 0 Å². The van der Waals surface area contributed by atoms with Gasteiger partial charge in [0, 0.05) is 30.4 Å². The lowest BCUT2D eigenvalue weighted by molar-refractivity contribution is -0.140. The summed E-state index contributed by atoms with van der Waals surface area (Å²) in [6, 6.07) is 71.6. The van der Waals surface area contributed by atoms with E-state index in [1.807, 2.05) is 126 Å². The van der Waals surface area contributed by atoms with Gasteiger partial charge in [-0.25, -0.2) is 43.2 Å². The molecule has 0 bridgehead atoms. The summed E-state index contributed by atoms with van der Waals surface area (Å²) in [7, 11) is 1.58. The smallest absolute Gasteiger partial charge is 0.343 e. The van der Waals surface area contributed by atoms with Crippen molar-refractivity contribution in [1.82, 2.24) is 0 Å². The summed E-state index contributed by atoms with van der Waals surface area (Å²) >= 11 is 0. The lowest BCUT2D eigenvalue weighted by atomic mass is 10.0. The third kappa shape index (κ3) is 39.6. The highest BCUT2D eigenvalue weighted by molar-refractivity contribution is 5.94. The number of carbonyl (C=O) groups is 9. The van der Waals surface area contributed by atoms with Gasteiger partial charge in [0.2, 0.25) is 0 Å². The molecule has 10 aromatic rings. The van der Waals surface area contributed by atoms with Gasteiger partial charge in [-0.3, -0.25) is 0 Å². The van der Waals surface area contributed by atoms with Gasteiger partial charge in [-0.05, 0) is 204 Å². The summed E-state index contributed by atoms with van der Waals surface area (Å²) < 4.78 is 84.2. The first-order chi connectivity index (χ1) is 60.0. The van der Waals surface area contributed by atoms with Crippen LogP contribution < -0.4 is 47.4 Å². The van der Waals surface area contributed by atoms with Crippen LogP contribution in [0.3, 0.4) is 0 Å². The molecule has 0 saturated heterocycles. The summed E-state index contributed by atoms with van der Waals surface area (Å²) in [5.74, 6) is -0.414. The zero-order chi connectivity index (χ0) is 89.0. The lowest BCUT2D eigenvalue weighted by Gasteiger charge is -2.09. The van der Waals surface area contributed by atoms with E-state index in [0.717, 1.165) is 46.2 Å². The molecule has 0 saturated carbocycles. The minimum Gasteiger partial charge on any atom is -0.497 e. The SMILES string of the molecule is C=CC(=O)OCCOCCOc1ccc(C(=O)Oc2ccc(OC(=O)/C=C/c3ccc(OC)cc3)cc2)cc1.C=CC(=O)OCCOCCOc1ccc(C(=O)Oc2ccc(OC(=O)/C=C/c3ccccc3)cc2)cc1.C=CC(=O)OCCOCCOc1ccc(C(=O)Oc2ccc(OC(=O)c3ccc(-c4ccccc4)cc3)cc2)cc1.CC.CC.CC. The molecule has 123 heavy (non-hydrogen) atoms. The number of carbonyl (C=O) groups excluding carboxylic acids is 9. The number of hydrogen-bond donors (Lipinski definition) is 0. The summed E-state index contributed by atoms with van der Waals surface area (Å²) in [6.07, 6.45) is 9.22. The number of benzene rings is 10. The molecule has 0 unspecified atom stereocenters. The van der Waals surface area contributed by atoms with Crippen LogP contribution >= 0.6 is 0 Å². The summed E-state index contributed by atoms with van der Waals surface area (Å²) in [6.45, 7) is 24.9. The Morgan fingerprint density at radius 1 is 0.244 bits per heavy atom. The van der Waals surface area contributed by atoms with Crippen molar-refractivity contribution in [2.75, 3.05) is 86.4 Å². The zero-order valence-corrected chi connectivity index (χ0v) is 69.6. The Morgan fingerprint density at radius 3 is 0.764 bits per heavy atom. The number of rotatable bonds is 40. The standard InChI is InChI=1S/C33H28O8.C30H28O9.C29H26O8.3C2H6/c1-2-31(34)39-23-21-37-20-22-38-28-14-12-27(13-15-28)33(36)41-30-18-16-29(17-19-30)40-32(35)26-10-8-25(9-11-26)24-6-4-3-5-7-24;1-3-28(31)37-21-19-35-18-20-36-25-11-7-23(8-12-25)30(33)39-27-15-13-26(14-16-27)38-29(32)17-6-22-4-9-24(34-2)10-5-22;1-2-27(30)35-21-19-33-18-20-34-24-11-9-23(10-12-24)29(32)37-26-15-13-25(14-16-26)36-28(31)17-8-22-6-4-3-5-7-22;3*1-2/h2-19H,1,20-23H2;3-17H,1,18-21H2,2H3;2-17H,1,18-21H2;3*1-2H3/b;17-6+;17-8+;;;. The van der Waals surface area contributed by atoms with E-state index in [4.69, 9.17) is 75.8 Å². The van der Waals surface area contributed by atoms with Gasteiger partial charge in [0.15, 0.2) is 0 Å². The van der Waals surface area contributed by atoms with Crippen LogP contribution in [0.1, 0.15) is 94.1 Å². The van der Waals surface area contributed by atoms with Crippen molar-refractivity contribution in [3.8, 4) is 68.6 Å². The zero-order valence-electron chi connectivity index (χ0n) is 69.6. The fourth-order valence-electron chi connectivity index (χ4n) is 9.53. The molecule has 0 aliphatic heterocycles. The molecule has 0 fully saturated rings. The summed E-state index contributed by atoms with van der Waals surface area (Å²) in [4.78, 5) is 107. The molecule has 0 aliphatic rings. The molecule has 0 N–H and O–H groups in total. The van der Waals surface area contributed by atoms with Crippen LogP contribution in [0.15, 0.2) is 305 Å². The topological polar surface area (TPSA) is 301 Å². The van der Waals surface area contributed by atoms with Crippen LogP contribution in [0, 0.1) is 0 Å². The first-order valence-electron chi connectivity index (χ1n) is 39.1. The monoisotopic (exact) mass is 1680 g/mol. The Kier molecular flexibility index (Phi) is 47.4. The molecule has 0 spiro atoms. The van der Waals surface area contributed by atoms with Gasteiger partial charge in [-0.2, -0.15) is 0 Å². The molecule has 0 aliphatic carbocycles. The predicted octanol–water partition coefficient (Wildman–Crippen LogP) is 18.3. The third-order valence-corrected chi connectivity index (χ3v) is 15.4. The van der Waals surface area contributed by atoms with Crippen LogP contribution in [-0.2, 0) is 52.4 Å². The predicted molar refractivity (Wildman–Crippen MR) is 466 cm³/mol. The van der Waals surface area contributed by atoms with Crippen molar-refractivity contribution >= 4 is 65.9 Å². The Balaban J connectivity index is 0.000000318. The molecule has 642 valence electrons. The van der Waals surface area contributed by atoms with Crippen LogP contribution in [0.5, 0.6) is 57.5 Å². The van der Waals surface area contributed by atoms with Gasteiger partial charge in [0.1, 0.15) is 97.1 Å². The van der Waals surface area contributed by atoms with E-state index >= 15 is 0 Å². The average Bonchev–Trinajstić information content (AvgIpc) is 0.835. The Hall–Kier alpha value is -14.8. The molecule has 10 rings (SSSR count). The molecule has 0 amide bonds. The van der Waals surface area contributed by atoms with Gasteiger partial charge in [0.05, 0.1) is 69.0 Å². The van der Waals surface area contributed by atoms with Crippen LogP contribution in [-0.4, -0.2) is 140 Å². The van der Waals surface area contributed by atoms with Crippen molar-refractivity contribution in [1.29, 1.82) is 0 Å². The fourth-order valence-corrected chi connectivity index (χ4v) is 9.53. The van der Waals surface area contributed by atoms with Crippen molar-refractivity contribution in [3.63, 3.8) is 0 Å². The molecule has 0 atom stereocenters. The second kappa shape index (κ2) is 59.0. The van der Waals surface area contributed by atoms with Crippen molar-refractivity contribution in [3.05, 3.63) is 338 Å². The number of esters is 9. The molecule has 0 heterocycles. The highest BCUT2D eigenvalue weighted by Gasteiger charge is 2.16. The molecular formula is C98H100O25. The highest BCUT2D eigenvalue weighted by Crippen LogP contribution is 2.26. The molecule has 25 heteroatoms. The van der Waals surface area contributed by atoms with Gasteiger partial charge < -0.3 is 75.8 Å². The van der Waals surface area contributed by atoms with Crippen LogP contribution in [0.25, 0.3) is 23.3 Å². The Labute approximate surface area is 716 Å². The normalized spacial score (nSPS) is 10.1. The second-order valence-electron chi connectivity index (χ2n) is 23.7. The fraction of sp³-hybridized carbons (Fsp3) is 0.194. The number of methoxy groups -OCH3 is 1. The first-order valence-corrected chi connectivity index (χ1v) is 39.1. The van der Waals surface area contributed by atoms with E-state index in [-0.39, 0.29) is 59.5 Å². The minimum absolute atomic E-state index is 0.137. The maximum Gasteiger partial charge on any atom is 0.343 e. The van der Waals surface area contributed by atoms with E-state index in [2.05, 4.69) is 19.7 Å². The Bertz CT molecular complexity index is 4900.